The average Bonchev–Trinajstić information content (AvgIpc) is 3.13. The van der Waals surface area contributed by atoms with E-state index < -0.39 is 12.0 Å². The fourth-order valence-corrected chi connectivity index (χ4v) is 3.72. The third-order valence-corrected chi connectivity index (χ3v) is 5.00. The van der Waals surface area contributed by atoms with Crippen molar-refractivity contribution in [2.45, 2.75) is 31.8 Å². The normalized spacial score (nSPS) is 18.5. The highest BCUT2D eigenvalue weighted by Gasteiger charge is 2.38. The molecular formula is C20H24N2O4. The molecule has 0 amide bonds. The van der Waals surface area contributed by atoms with Crippen LogP contribution in [0, 0.1) is 6.92 Å². The lowest BCUT2D eigenvalue weighted by molar-refractivity contribution is -0.142. The number of carboxylic acids is 1. The molecule has 26 heavy (non-hydrogen) atoms. The smallest absolute Gasteiger partial charge is 0.320 e. The Labute approximate surface area is 153 Å². The Hall–Kier alpha value is -2.60. The Morgan fingerprint density at radius 1 is 1.27 bits per heavy atom. The van der Waals surface area contributed by atoms with Crippen molar-refractivity contribution in [2.75, 3.05) is 20.8 Å². The molecule has 6 nitrogen and oxygen atoms in total. The number of carbonyl (C=O) groups is 1. The summed E-state index contributed by atoms with van der Waals surface area (Å²) in [5, 5.41) is 9.70. The molecule has 0 bridgehead atoms. The van der Waals surface area contributed by atoms with E-state index in [9.17, 15) is 9.90 Å². The van der Waals surface area contributed by atoms with Crippen LogP contribution in [-0.2, 0) is 4.79 Å². The lowest BCUT2D eigenvalue weighted by atomic mass is 9.93. The predicted molar refractivity (Wildman–Crippen MR) is 97.7 cm³/mol. The summed E-state index contributed by atoms with van der Waals surface area (Å²) in [4.78, 5) is 18.0. The minimum absolute atomic E-state index is 0.220. The molecule has 1 aromatic heterocycles. The van der Waals surface area contributed by atoms with E-state index in [0.29, 0.717) is 17.9 Å². The van der Waals surface area contributed by atoms with Gasteiger partial charge in [-0.25, -0.2) is 0 Å². The van der Waals surface area contributed by atoms with Crippen LogP contribution in [0.1, 0.15) is 35.6 Å². The number of hydrogen-bond acceptors (Lipinski definition) is 5. The van der Waals surface area contributed by atoms with E-state index in [4.69, 9.17) is 9.47 Å². The largest absolute Gasteiger partial charge is 0.497 e. The molecule has 0 aliphatic carbocycles. The summed E-state index contributed by atoms with van der Waals surface area (Å²) in [7, 11) is 3.23. The zero-order valence-corrected chi connectivity index (χ0v) is 15.3. The topological polar surface area (TPSA) is 71.9 Å². The average molecular weight is 356 g/mol. The van der Waals surface area contributed by atoms with Gasteiger partial charge >= 0.3 is 5.97 Å². The second-order valence-electron chi connectivity index (χ2n) is 6.48. The van der Waals surface area contributed by atoms with Gasteiger partial charge in [0.25, 0.3) is 0 Å². The number of pyridine rings is 1. The van der Waals surface area contributed by atoms with Crippen molar-refractivity contribution >= 4 is 5.97 Å². The van der Waals surface area contributed by atoms with Crippen LogP contribution < -0.4 is 9.47 Å². The van der Waals surface area contributed by atoms with E-state index >= 15 is 0 Å². The number of carboxylic acid groups (broad SMARTS) is 1. The number of aromatic nitrogens is 1. The first-order valence-electron chi connectivity index (χ1n) is 8.67. The maximum Gasteiger partial charge on any atom is 0.320 e. The number of methoxy groups -OCH3 is 2. The first-order valence-corrected chi connectivity index (χ1v) is 8.67. The number of aliphatic carboxylic acids is 1. The molecule has 2 atom stereocenters. The van der Waals surface area contributed by atoms with Gasteiger partial charge in [0.15, 0.2) is 0 Å². The van der Waals surface area contributed by atoms with Crippen molar-refractivity contribution in [1.29, 1.82) is 0 Å². The Bertz CT molecular complexity index is 793. The highest BCUT2D eigenvalue weighted by molar-refractivity contribution is 5.74. The highest BCUT2D eigenvalue weighted by Crippen LogP contribution is 2.41. The van der Waals surface area contributed by atoms with Gasteiger partial charge in [-0.3, -0.25) is 14.7 Å². The molecule has 2 aromatic rings. The number of aryl methyl sites for hydroxylation is 1. The number of ether oxygens (including phenoxy) is 2. The van der Waals surface area contributed by atoms with Crippen LogP contribution in [0.5, 0.6) is 11.5 Å². The van der Waals surface area contributed by atoms with Crippen LogP contribution in [-0.4, -0.2) is 47.8 Å². The van der Waals surface area contributed by atoms with Gasteiger partial charge in [0.1, 0.15) is 17.5 Å². The number of nitrogens with zero attached hydrogens (tertiary/aromatic N) is 2. The highest BCUT2D eigenvalue weighted by atomic mass is 16.5. The van der Waals surface area contributed by atoms with Gasteiger partial charge in [-0.05, 0) is 49.1 Å². The monoisotopic (exact) mass is 356 g/mol. The van der Waals surface area contributed by atoms with Crippen LogP contribution in [0.15, 0.2) is 36.7 Å². The van der Waals surface area contributed by atoms with Crippen LogP contribution in [0.4, 0.5) is 0 Å². The Morgan fingerprint density at radius 3 is 2.73 bits per heavy atom. The first kappa shape index (κ1) is 18.2. The van der Waals surface area contributed by atoms with Gasteiger partial charge < -0.3 is 14.6 Å². The molecule has 0 saturated carbocycles. The molecule has 0 radical (unpaired) electrons. The standard InChI is InChI=1S/C20H24N2O4/c1-13-12-21-9-8-15(13)19(22-10-4-5-17(22)20(23)24)16-7-6-14(25-2)11-18(16)26-3/h6-9,11-12,17,19H,4-5,10H2,1-3H3,(H,23,24). The molecule has 138 valence electrons. The molecule has 0 spiro atoms. The molecule has 1 saturated heterocycles. The lowest BCUT2D eigenvalue weighted by Crippen LogP contribution is -2.39. The fraction of sp³-hybridized carbons (Fsp3) is 0.400. The van der Waals surface area contributed by atoms with Crippen LogP contribution in [0.25, 0.3) is 0 Å². The summed E-state index contributed by atoms with van der Waals surface area (Å²) >= 11 is 0. The molecule has 1 aliphatic heterocycles. The number of likely N-dealkylation sites (tertiary alicyclic amines) is 1. The minimum Gasteiger partial charge on any atom is -0.497 e. The van der Waals surface area contributed by atoms with Crippen LogP contribution in [0.3, 0.4) is 0 Å². The van der Waals surface area contributed by atoms with E-state index in [-0.39, 0.29) is 6.04 Å². The molecule has 1 N–H and O–H groups in total. The van der Waals surface area contributed by atoms with E-state index in [2.05, 4.69) is 9.88 Å². The van der Waals surface area contributed by atoms with Crippen molar-refractivity contribution < 1.29 is 19.4 Å². The molecule has 6 heteroatoms. The summed E-state index contributed by atoms with van der Waals surface area (Å²) < 4.78 is 10.9. The number of benzene rings is 1. The van der Waals surface area contributed by atoms with Crippen LogP contribution in [0.2, 0.25) is 0 Å². The maximum absolute atomic E-state index is 11.8. The summed E-state index contributed by atoms with van der Waals surface area (Å²) in [5.74, 6) is 0.597. The third kappa shape index (κ3) is 3.37. The molecule has 3 rings (SSSR count). The van der Waals surface area contributed by atoms with E-state index in [0.717, 1.165) is 29.7 Å². The minimum atomic E-state index is -0.785. The Balaban J connectivity index is 2.16. The Morgan fingerprint density at radius 2 is 2.08 bits per heavy atom. The van der Waals surface area contributed by atoms with Crippen molar-refractivity contribution in [3.63, 3.8) is 0 Å². The van der Waals surface area contributed by atoms with Crippen molar-refractivity contribution in [3.05, 3.63) is 53.3 Å². The van der Waals surface area contributed by atoms with E-state index in [1.165, 1.54) is 0 Å². The van der Waals surface area contributed by atoms with Crippen molar-refractivity contribution in [3.8, 4) is 11.5 Å². The predicted octanol–water partition coefficient (Wildman–Crippen LogP) is 3.05. The number of hydrogen-bond donors (Lipinski definition) is 1. The maximum atomic E-state index is 11.8. The second kappa shape index (κ2) is 7.74. The molecule has 1 aliphatic rings. The van der Waals surface area contributed by atoms with E-state index in [1.54, 1.807) is 20.4 Å². The second-order valence-corrected chi connectivity index (χ2v) is 6.48. The van der Waals surface area contributed by atoms with Gasteiger partial charge in [0, 0.05) is 30.6 Å². The van der Waals surface area contributed by atoms with Gasteiger partial charge in [0.05, 0.1) is 20.3 Å². The lowest BCUT2D eigenvalue weighted by Gasteiger charge is -2.33. The van der Waals surface area contributed by atoms with E-state index in [1.807, 2.05) is 37.4 Å². The van der Waals surface area contributed by atoms with Crippen LogP contribution >= 0.6 is 0 Å². The zero-order chi connectivity index (χ0) is 18.7. The van der Waals surface area contributed by atoms with Crippen molar-refractivity contribution in [2.24, 2.45) is 0 Å². The van der Waals surface area contributed by atoms with Gasteiger partial charge in [0.2, 0.25) is 0 Å². The molecule has 2 heterocycles. The molecule has 1 fully saturated rings. The summed E-state index contributed by atoms with van der Waals surface area (Å²) in [6, 6.07) is 6.90. The van der Waals surface area contributed by atoms with Gasteiger partial charge in [-0.1, -0.05) is 0 Å². The van der Waals surface area contributed by atoms with Gasteiger partial charge in [-0.15, -0.1) is 0 Å². The molecular weight excluding hydrogens is 332 g/mol. The summed E-state index contributed by atoms with van der Waals surface area (Å²) in [5.41, 5.74) is 2.98. The summed E-state index contributed by atoms with van der Waals surface area (Å²) in [6.45, 7) is 2.72. The summed E-state index contributed by atoms with van der Waals surface area (Å²) in [6.07, 6.45) is 5.06. The first-order chi connectivity index (χ1) is 12.6. The van der Waals surface area contributed by atoms with Crippen molar-refractivity contribution in [1.82, 2.24) is 9.88 Å². The SMILES string of the molecule is COc1ccc(C(c2ccncc2C)N2CCCC2C(=O)O)c(OC)c1. The number of rotatable bonds is 6. The Kier molecular flexibility index (Phi) is 5.42. The molecule has 1 aromatic carbocycles. The fourth-order valence-electron chi connectivity index (χ4n) is 3.72. The third-order valence-electron chi connectivity index (χ3n) is 5.00. The zero-order valence-electron chi connectivity index (χ0n) is 15.3. The van der Waals surface area contributed by atoms with Gasteiger partial charge in [-0.2, -0.15) is 0 Å². The quantitative estimate of drug-likeness (QED) is 0.858. The molecule has 2 unspecified atom stereocenters.